The molecule has 0 heterocycles. The fourth-order valence-corrected chi connectivity index (χ4v) is 4.89. The van der Waals surface area contributed by atoms with Gasteiger partial charge in [-0.3, -0.25) is 9.59 Å². The van der Waals surface area contributed by atoms with Gasteiger partial charge in [0.15, 0.2) is 0 Å². The molecule has 0 aromatic heterocycles. The predicted molar refractivity (Wildman–Crippen MR) is 142 cm³/mol. The first-order chi connectivity index (χ1) is 16.5. The Labute approximate surface area is 211 Å². The Kier molecular flexibility index (Phi) is 10.0. The smallest absolute Gasteiger partial charge is 0.243 e. The number of nitrogens with zero attached hydrogens (tertiary/aromatic N) is 1. The Morgan fingerprint density at radius 1 is 0.941 bits per heavy atom. The molecule has 0 aliphatic heterocycles. The van der Waals surface area contributed by atoms with E-state index in [0.29, 0.717) is 30.3 Å². The molecule has 0 saturated heterocycles. The van der Waals surface area contributed by atoms with Gasteiger partial charge in [0.2, 0.25) is 11.8 Å². The van der Waals surface area contributed by atoms with Crippen LogP contribution in [0.25, 0.3) is 0 Å². The van der Waals surface area contributed by atoms with Crippen LogP contribution < -0.4 is 5.32 Å². The fraction of sp³-hybridized carbons (Fsp3) is 0.286. The highest BCUT2D eigenvalue weighted by Gasteiger charge is 2.30. The lowest BCUT2D eigenvalue weighted by molar-refractivity contribution is -0.139. The molecule has 0 bridgehead atoms. The highest BCUT2D eigenvalue weighted by molar-refractivity contribution is 7.99. The summed E-state index contributed by atoms with van der Waals surface area (Å²) in [6, 6.07) is 25.0. The van der Waals surface area contributed by atoms with E-state index in [1.165, 1.54) is 11.8 Å². The van der Waals surface area contributed by atoms with Crippen molar-refractivity contribution in [3.8, 4) is 0 Å². The summed E-state index contributed by atoms with van der Waals surface area (Å²) >= 11 is 7.63. The highest BCUT2D eigenvalue weighted by Crippen LogP contribution is 2.20. The Bertz CT molecular complexity index is 1090. The molecule has 2 amide bonds. The second kappa shape index (κ2) is 13.2. The largest absolute Gasteiger partial charge is 0.355 e. The maximum atomic E-state index is 13.5. The first kappa shape index (κ1) is 25.9. The summed E-state index contributed by atoms with van der Waals surface area (Å²) in [5, 5.41) is 3.62. The van der Waals surface area contributed by atoms with E-state index in [9.17, 15) is 9.59 Å². The number of aryl methyl sites for hydroxylation is 1. The van der Waals surface area contributed by atoms with Crippen molar-refractivity contribution in [2.75, 3.05) is 12.3 Å². The van der Waals surface area contributed by atoms with E-state index in [2.05, 4.69) is 11.4 Å². The van der Waals surface area contributed by atoms with Crippen LogP contribution >= 0.6 is 23.4 Å². The summed E-state index contributed by atoms with van der Waals surface area (Å²) in [6.45, 7) is 4.82. The molecule has 0 aliphatic carbocycles. The minimum absolute atomic E-state index is 0.0549. The highest BCUT2D eigenvalue weighted by atomic mass is 35.5. The molecule has 0 radical (unpaired) electrons. The topological polar surface area (TPSA) is 49.4 Å². The summed E-state index contributed by atoms with van der Waals surface area (Å²) < 4.78 is 0. The van der Waals surface area contributed by atoms with Crippen LogP contribution in [0, 0.1) is 6.92 Å². The van der Waals surface area contributed by atoms with Crippen molar-refractivity contribution in [2.24, 2.45) is 0 Å². The number of likely N-dealkylation sites (N-methyl/N-ethyl adjacent to an activating group) is 1. The van der Waals surface area contributed by atoms with E-state index < -0.39 is 6.04 Å². The quantitative estimate of drug-likeness (QED) is 0.374. The summed E-state index contributed by atoms with van der Waals surface area (Å²) in [4.78, 5) is 28.4. The predicted octanol–water partition coefficient (Wildman–Crippen LogP) is 5.66. The van der Waals surface area contributed by atoms with Gasteiger partial charge in [0.25, 0.3) is 0 Å². The first-order valence-electron chi connectivity index (χ1n) is 11.4. The van der Waals surface area contributed by atoms with Crippen molar-refractivity contribution in [1.29, 1.82) is 0 Å². The zero-order valence-electron chi connectivity index (χ0n) is 19.7. The molecule has 1 atom stereocenters. The fourth-order valence-electron chi connectivity index (χ4n) is 3.82. The van der Waals surface area contributed by atoms with E-state index in [1.807, 2.05) is 86.6 Å². The van der Waals surface area contributed by atoms with Crippen molar-refractivity contribution in [3.05, 3.63) is 106 Å². The van der Waals surface area contributed by atoms with Crippen molar-refractivity contribution < 1.29 is 9.59 Å². The number of halogens is 1. The SMILES string of the molecule is CCNC(=O)[C@@H](Cc1ccccc1)N(Cc1cccc(C)c1)C(=O)CSCc1cccc(Cl)c1. The molecule has 4 nitrogen and oxygen atoms in total. The molecule has 6 heteroatoms. The Balaban J connectivity index is 1.82. The molecule has 3 rings (SSSR count). The maximum absolute atomic E-state index is 13.5. The molecule has 178 valence electrons. The monoisotopic (exact) mass is 494 g/mol. The van der Waals surface area contributed by atoms with Gasteiger partial charge >= 0.3 is 0 Å². The second-order valence-corrected chi connectivity index (χ2v) is 9.66. The zero-order valence-corrected chi connectivity index (χ0v) is 21.2. The average molecular weight is 495 g/mol. The molecule has 0 spiro atoms. The minimum Gasteiger partial charge on any atom is -0.355 e. The van der Waals surface area contributed by atoms with E-state index in [1.54, 1.807) is 4.90 Å². The number of hydrogen-bond acceptors (Lipinski definition) is 3. The van der Waals surface area contributed by atoms with Crippen LogP contribution in [-0.2, 0) is 28.3 Å². The van der Waals surface area contributed by atoms with Crippen molar-refractivity contribution in [3.63, 3.8) is 0 Å². The van der Waals surface area contributed by atoms with Crippen LogP contribution in [0.1, 0.15) is 29.2 Å². The lowest BCUT2D eigenvalue weighted by Gasteiger charge is -2.31. The minimum atomic E-state index is -0.595. The molecule has 1 N–H and O–H groups in total. The van der Waals surface area contributed by atoms with Gasteiger partial charge in [-0.1, -0.05) is 83.9 Å². The van der Waals surface area contributed by atoms with Gasteiger partial charge in [0.1, 0.15) is 6.04 Å². The molecule has 34 heavy (non-hydrogen) atoms. The van der Waals surface area contributed by atoms with E-state index in [4.69, 9.17) is 11.6 Å². The molecule has 0 fully saturated rings. The molecule has 3 aromatic carbocycles. The maximum Gasteiger partial charge on any atom is 0.243 e. The van der Waals surface area contributed by atoms with Crippen LogP contribution in [0.15, 0.2) is 78.9 Å². The Hall–Kier alpha value is -2.76. The summed E-state index contributed by atoms with van der Waals surface area (Å²) in [6.07, 6.45) is 0.461. The second-order valence-electron chi connectivity index (χ2n) is 8.23. The van der Waals surface area contributed by atoms with Crippen LogP contribution in [-0.4, -0.2) is 35.1 Å². The van der Waals surface area contributed by atoms with Crippen LogP contribution in [0.3, 0.4) is 0 Å². The normalized spacial score (nSPS) is 11.6. The summed E-state index contributed by atoms with van der Waals surface area (Å²) in [5.74, 6) is 0.769. The van der Waals surface area contributed by atoms with Crippen molar-refractivity contribution >= 4 is 35.2 Å². The third-order valence-corrected chi connectivity index (χ3v) is 6.66. The van der Waals surface area contributed by atoms with Crippen LogP contribution in [0.5, 0.6) is 0 Å². The van der Waals surface area contributed by atoms with Gasteiger partial charge in [0, 0.05) is 30.3 Å². The molecule has 3 aromatic rings. The number of rotatable bonds is 11. The molecule has 0 unspecified atom stereocenters. The zero-order chi connectivity index (χ0) is 24.3. The Morgan fingerprint density at radius 2 is 1.65 bits per heavy atom. The van der Waals surface area contributed by atoms with Gasteiger partial charge < -0.3 is 10.2 Å². The molecular formula is C28H31ClN2O2S. The number of thioether (sulfide) groups is 1. The van der Waals surface area contributed by atoms with Gasteiger partial charge in [-0.25, -0.2) is 0 Å². The molecule has 0 saturated carbocycles. The number of carbonyl (C=O) groups is 2. The van der Waals surface area contributed by atoms with Gasteiger partial charge in [0.05, 0.1) is 5.75 Å². The van der Waals surface area contributed by atoms with Gasteiger partial charge in [-0.05, 0) is 42.7 Å². The molecular weight excluding hydrogens is 464 g/mol. The van der Waals surface area contributed by atoms with Crippen molar-refractivity contribution in [2.45, 2.75) is 38.6 Å². The van der Waals surface area contributed by atoms with Gasteiger partial charge in [-0.2, -0.15) is 0 Å². The third kappa shape index (κ3) is 7.93. The van der Waals surface area contributed by atoms with E-state index in [0.717, 1.165) is 22.3 Å². The number of nitrogens with one attached hydrogen (secondary N) is 1. The van der Waals surface area contributed by atoms with E-state index >= 15 is 0 Å². The first-order valence-corrected chi connectivity index (χ1v) is 13.0. The lowest BCUT2D eigenvalue weighted by Crippen LogP contribution is -2.51. The lowest BCUT2D eigenvalue weighted by atomic mass is 10.0. The summed E-state index contributed by atoms with van der Waals surface area (Å²) in [7, 11) is 0. The van der Waals surface area contributed by atoms with Crippen molar-refractivity contribution in [1.82, 2.24) is 10.2 Å². The third-order valence-electron chi connectivity index (χ3n) is 5.44. The molecule has 0 aliphatic rings. The van der Waals surface area contributed by atoms with Crippen LogP contribution in [0.2, 0.25) is 5.02 Å². The number of amides is 2. The Morgan fingerprint density at radius 3 is 2.35 bits per heavy atom. The standard InChI is InChI=1S/C28H31ClN2O2S/c1-3-30-28(33)26(17-22-10-5-4-6-11-22)31(18-23-12-7-9-21(2)15-23)27(32)20-34-19-24-13-8-14-25(29)16-24/h4-16,26H,3,17-20H2,1-2H3,(H,30,33)/t26-/m1/s1. The van der Waals surface area contributed by atoms with Gasteiger partial charge in [-0.15, -0.1) is 11.8 Å². The number of carbonyl (C=O) groups excluding carboxylic acids is 2. The number of hydrogen-bond donors (Lipinski definition) is 1. The number of benzene rings is 3. The van der Waals surface area contributed by atoms with Crippen LogP contribution in [0.4, 0.5) is 0 Å². The average Bonchev–Trinajstić information content (AvgIpc) is 2.82. The summed E-state index contributed by atoms with van der Waals surface area (Å²) in [5.41, 5.74) is 4.22. The van der Waals surface area contributed by atoms with E-state index in [-0.39, 0.29) is 17.6 Å².